The molecule has 0 amide bonds. The Bertz CT molecular complexity index is 8010. The number of hydrogen-bond donors (Lipinski definition) is 0. The van der Waals surface area contributed by atoms with E-state index in [0.717, 1.165) is 123 Å². The van der Waals surface area contributed by atoms with Gasteiger partial charge in [-0.3, -0.25) is 0 Å². The van der Waals surface area contributed by atoms with E-state index >= 15 is 0 Å². The van der Waals surface area contributed by atoms with Crippen molar-refractivity contribution >= 4 is 66.4 Å². The molecular weight excluding hydrogens is 1570 g/mol. The second-order valence-corrected chi connectivity index (χ2v) is 34.3. The van der Waals surface area contributed by atoms with Crippen LogP contribution < -0.4 is 9.80 Å². The molecule has 0 radical (unpaired) electrons. The van der Waals surface area contributed by atoms with Crippen LogP contribution in [0.15, 0.2) is 522 Å². The number of hydrogen-bond acceptors (Lipinski definition) is 2. The molecule has 24 rings (SSSR count). The summed E-state index contributed by atoms with van der Waals surface area (Å²) in [6.07, 6.45) is 0. The van der Waals surface area contributed by atoms with Crippen LogP contribution in [-0.2, 0) is 10.8 Å². The van der Waals surface area contributed by atoms with Gasteiger partial charge in [0.25, 0.3) is 0 Å². The van der Waals surface area contributed by atoms with E-state index in [9.17, 15) is 0 Å². The van der Waals surface area contributed by atoms with Gasteiger partial charge in [0.1, 0.15) is 0 Å². The molecule has 0 saturated heterocycles. The third-order valence-electron chi connectivity index (χ3n) is 27.4. The van der Waals surface area contributed by atoms with Crippen molar-refractivity contribution in [3.63, 3.8) is 0 Å². The molecule has 0 aromatic heterocycles. The summed E-state index contributed by atoms with van der Waals surface area (Å²) in [6.45, 7) is 0. The lowest BCUT2D eigenvalue weighted by Gasteiger charge is -2.34. The number of anilines is 6. The Labute approximate surface area is 759 Å². The highest BCUT2D eigenvalue weighted by molar-refractivity contribution is 6.15. The third kappa shape index (κ3) is 12.8. The zero-order valence-electron chi connectivity index (χ0n) is 71.5. The minimum Gasteiger partial charge on any atom is -0.310 e. The minimum atomic E-state index is -0.726. The summed E-state index contributed by atoms with van der Waals surface area (Å²) in [7, 11) is 0. The van der Waals surface area contributed by atoms with Gasteiger partial charge < -0.3 is 9.80 Å². The maximum atomic E-state index is 2.55. The minimum absolute atomic E-state index is 0.583. The number of nitrogens with zero attached hydrogens (tertiary/aromatic N) is 2. The van der Waals surface area contributed by atoms with Crippen LogP contribution >= 0.6 is 0 Å². The van der Waals surface area contributed by atoms with E-state index in [0.29, 0.717) is 0 Å². The summed E-state index contributed by atoms with van der Waals surface area (Å²) in [5.74, 6) is 0. The van der Waals surface area contributed by atoms with Crippen molar-refractivity contribution in [3.8, 4) is 111 Å². The largest absolute Gasteiger partial charge is 0.310 e. The van der Waals surface area contributed by atoms with E-state index in [4.69, 9.17) is 0 Å². The van der Waals surface area contributed by atoms with E-state index in [1.807, 2.05) is 0 Å². The molecule has 0 heterocycles. The Kier molecular flexibility index (Phi) is 19.1. The molecular formula is C128H86N2. The third-order valence-corrected chi connectivity index (χ3v) is 27.4. The fourth-order valence-electron chi connectivity index (χ4n) is 21.7. The zero-order valence-corrected chi connectivity index (χ0v) is 71.5. The Morgan fingerprint density at radius 2 is 0.469 bits per heavy atom. The van der Waals surface area contributed by atoms with Crippen LogP contribution in [0.4, 0.5) is 34.1 Å². The lowest BCUT2D eigenvalue weighted by Crippen LogP contribution is -2.28. The van der Waals surface area contributed by atoms with Crippen LogP contribution in [0.5, 0.6) is 0 Å². The Morgan fingerprint density at radius 1 is 0.138 bits per heavy atom. The van der Waals surface area contributed by atoms with Crippen LogP contribution in [0.25, 0.3) is 144 Å². The molecule has 2 aliphatic carbocycles. The topological polar surface area (TPSA) is 6.48 Å². The molecule has 2 aliphatic rings. The molecule has 2 nitrogen and oxygen atoms in total. The molecule has 22 aromatic carbocycles. The van der Waals surface area contributed by atoms with E-state index in [-0.39, 0.29) is 0 Å². The van der Waals surface area contributed by atoms with Gasteiger partial charge in [-0.1, -0.05) is 449 Å². The molecule has 1 atom stereocenters. The predicted molar refractivity (Wildman–Crippen MR) is 546 cm³/mol. The van der Waals surface area contributed by atoms with Crippen molar-refractivity contribution in [2.75, 3.05) is 9.80 Å². The summed E-state index contributed by atoms with van der Waals surface area (Å²) < 4.78 is 0. The van der Waals surface area contributed by atoms with Crippen molar-refractivity contribution in [2.45, 2.75) is 10.8 Å². The van der Waals surface area contributed by atoms with E-state index in [1.165, 1.54) is 99.3 Å². The maximum absolute atomic E-state index is 2.55. The van der Waals surface area contributed by atoms with Gasteiger partial charge >= 0.3 is 0 Å². The summed E-state index contributed by atoms with van der Waals surface area (Å²) in [5.41, 5.74) is 38.1. The number of rotatable bonds is 18. The first-order valence-corrected chi connectivity index (χ1v) is 45.1. The molecule has 130 heavy (non-hydrogen) atoms. The van der Waals surface area contributed by atoms with Crippen LogP contribution in [0, 0.1) is 0 Å². The molecule has 0 aliphatic heterocycles. The average Bonchev–Trinajstić information content (AvgIpc) is 1.54. The molecule has 0 saturated carbocycles. The highest BCUT2D eigenvalue weighted by atomic mass is 15.2. The monoisotopic (exact) mass is 1650 g/mol. The Balaban J connectivity index is 0.683. The second-order valence-electron chi connectivity index (χ2n) is 34.3. The normalized spacial score (nSPS) is 13.3. The quantitative estimate of drug-likeness (QED) is 0.0790. The molecule has 1 unspecified atom stereocenters. The average molecular weight is 1650 g/mol. The molecule has 0 fully saturated rings. The highest BCUT2D eigenvalue weighted by Crippen LogP contribution is 2.61. The fraction of sp³-hybridized carbons (Fsp3) is 0.0156. The Morgan fingerprint density at radius 3 is 0.954 bits per heavy atom. The fourth-order valence-corrected chi connectivity index (χ4v) is 21.7. The smallest absolute Gasteiger partial charge is 0.0713 e. The van der Waals surface area contributed by atoms with Gasteiger partial charge in [0.05, 0.1) is 22.2 Å². The standard InChI is InChI=1S/C128H86N2/c1-8-37-89(38-9-1)105-52-24-28-58-114(105)125-108(91-41-12-3-13-42-91)60-34-64-123(125)129(101-74-70-88(71-75-101)95-67-66-87-36-22-23-45-94(87)82-95)103-77-80-122-117(85-103)113-57-31-33-63-120(113)128(122,99-50-20-7-21-51-99)100-72-68-93(69-73-100)116-84-96-83-102(76-79-107(96)110-54-26-27-55-111(110)116)130(124-65-35-61-109(92-43-14-4-15-44-92)126(124)115-59-29-25-53-106(115)90-39-10-2-11-40-90)104-78-81-121-118(86-104)112-56-30-32-62-119(112)127(121,97-46-16-5-17-47-97)98-48-18-6-19-49-98/h1-86H. The van der Waals surface area contributed by atoms with Crippen LogP contribution in [-0.4, -0.2) is 0 Å². The molecule has 2 heteroatoms. The highest BCUT2D eigenvalue weighted by Gasteiger charge is 2.48. The van der Waals surface area contributed by atoms with Gasteiger partial charge in [0.2, 0.25) is 0 Å². The maximum Gasteiger partial charge on any atom is 0.0713 e. The van der Waals surface area contributed by atoms with Gasteiger partial charge in [0.15, 0.2) is 0 Å². The molecule has 22 aromatic rings. The van der Waals surface area contributed by atoms with Crippen molar-refractivity contribution in [3.05, 3.63) is 566 Å². The number of fused-ring (bicyclic) bond motifs is 10. The van der Waals surface area contributed by atoms with Crippen molar-refractivity contribution in [1.82, 2.24) is 0 Å². The van der Waals surface area contributed by atoms with Crippen LogP contribution in [0.1, 0.15) is 44.5 Å². The van der Waals surface area contributed by atoms with E-state index < -0.39 is 10.8 Å². The van der Waals surface area contributed by atoms with Gasteiger partial charge in [-0.2, -0.15) is 0 Å². The first-order chi connectivity index (χ1) is 64.5. The van der Waals surface area contributed by atoms with Crippen LogP contribution in [0.3, 0.4) is 0 Å². The summed E-state index contributed by atoms with van der Waals surface area (Å²) in [5, 5.41) is 7.14. The predicted octanol–water partition coefficient (Wildman–Crippen LogP) is 34.1. The Hall–Kier alpha value is -16.8. The SMILES string of the molecule is c1ccc(-c2ccccc2-c2c(-c3ccccc3)cccc2N(c2ccc(-c3ccc4ccccc4c3)cc2)c2ccc3c(c2)-c2ccccc2C3(c2ccccc2)c2ccc(-c3cc4cc(N(c5ccc6c(c5)-c5ccccc5C6(c5ccccc5)c5ccccc5)c5cccc(-c6ccccc6)c5-c5ccccc5-c5ccccc5)ccc4c4ccccc34)cc2)cc1. The molecule has 0 bridgehead atoms. The van der Waals surface area contributed by atoms with E-state index in [1.54, 1.807) is 0 Å². The molecule has 0 N–H and O–H groups in total. The van der Waals surface area contributed by atoms with Crippen molar-refractivity contribution in [2.24, 2.45) is 0 Å². The van der Waals surface area contributed by atoms with Gasteiger partial charge in [-0.15, -0.1) is 0 Å². The molecule has 608 valence electrons. The zero-order chi connectivity index (χ0) is 86.1. The lowest BCUT2D eigenvalue weighted by molar-refractivity contribution is 0.768. The number of benzene rings is 22. The van der Waals surface area contributed by atoms with E-state index in [2.05, 4.69) is 532 Å². The first kappa shape index (κ1) is 76.8. The van der Waals surface area contributed by atoms with Crippen molar-refractivity contribution < 1.29 is 0 Å². The van der Waals surface area contributed by atoms with Crippen LogP contribution in [0.2, 0.25) is 0 Å². The first-order valence-electron chi connectivity index (χ1n) is 45.1. The summed E-state index contributed by atoms with van der Waals surface area (Å²) in [6, 6.07) is 195. The second kappa shape index (κ2) is 32.3. The van der Waals surface area contributed by atoms with Gasteiger partial charge in [-0.05, 0) is 250 Å². The molecule has 0 spiro atoms. The lowest BCUT2D eigenvalue weighted by atomic mass is 9.67. The van der Waals surface area contributed by atoms with Crippen molar-refractivity contribution in [1.29, 1.82) is 0 Å². The summed E-state index contributed by atoms with van der Waals surface area (Å²) in [4.78, 5) is 5.07. The summed E-state index contributed by atoms with van der Waals surface area (Å²) >= 11 is 0. The van der Waals surface area contributed by atoms with Gasteiger partial charge in [-0.25, -0.2) is 0 Å². The van der Waals surface area contributed by atoms with Gasteiger partial charge in [0, 0.05) is 33.9 Å².